The number of carbonyl (C=O) groups excluding carboxylic acids is 1. The van der Waals surface area contributed by atoms with Gasteiger partial charge < -0.3 is 9.47 Å². The van der Waals surface area contributed by atoms with Crippen LogP contribution in [-0.4, -0.2) is 43.1 Å². The quantitative estimate of drug-likeness (QED) is 0.799. The van der Waals surface area contributed by atoms with Gasteiger partial charge in [0.25, 0.3) is 5.91 Å². The van der Waals surface area contributed by atoms with Gasteiger partial charge in [-0.2, -0.15) is 0 Å². The van der Waals surface area contributed by atoms with Crippen LogP contribution in [0.3, 0.4) is 0 Å². The molecule has 0 saturated carbocycles. The molecule has 140 valence electrons. The van der Waals surface area contributed by atoms with Crippen molar-refractivity contribution in [3.05, 3.63) is 33.8 Å². The fourth-order valence-corrected chi connectivity index (χ4v) is 3.99. The van der Waals surface area contributed by atoms with Crippen LogP contribution >= 0.6 is 22.9 Å². The highest BCUT2D eigenvalue weighted by Crippen LogP contribution is 2.36. The van der Waals surface area contributed by atoms with Gasteiger partial charge in [0.1, 0.15) is 0 Å². The summed E-state index contributed by atoms with van der Waals surface area (Å²) in [6, 6.07) is 3.16. The zero-order chi connectivity index (χ0) is 18.5. The molecule has 1 aliphatic heterocycles. The molecule has 1 fully saturated rings. The van der Waals surface area contributed by atoms with Crippen molar-refractivity contribution < 1.29 is 14.3 Å². The molecule has 1 saturated heterocycles. The standard InChI is InChI=1S/C18H22ClN3O3S/c1-24-15-9-12(8-14(19)16(15)25-2)17(23)21-18-20-13(11-26-18)10-22-6-4-3-5-7-22/h8-9,11H,3-7,10H2,1-2H3,(H,20,21,23). The molecule has 1 N–H and O–H groups in total. The first kappa shape index (κ1) is 18.9. The minimum Gasteiger partial charge on any atom is -0.493 e. The molecule has 3 rings (SSSR count). The van der Waals surface area contributed by atoms with E-state index in [4.69, 9.17) is 21.1 Å². The Hall–Kier alpha value is -1.83. The van der Waals surface area contributed by atoms with Crippen LogP contribution in [0.25, 0.3) is 0 Å². The summed E-state index contributed by atoms with van der Waals surface area (Å²) >= 11 is 7.59. The zero-order valence-electron chi connectivity index (χ0n) is 14.9. The Bertz CT molecular complexity index is 775. The maximum absolute atomic E-state index is 12.5. The summed E-state index contributed by atoms with van der Waals surface area (Å²) in [5.41, 5.74) is 1.37. The second-order valence-electron chi connectivity index (χ2n) is 6.13. The summed E-state index contributed by atoms with van der Waals surface area (Å²) in [5.74, 6) is 0.533. The van der Waals surface area contributed by atoms with Crippen LogP contribution in [-0.2, 0) is 6.54 Å². The number of methoxy groups -OCH3 is 2. The molecule has 1 aliphatic rings. The number of amides is 1. The maximum atomic E-state index is 12.5. The van der Waals surface area contributed by atoms with Gasteiger partial charge >= 0.3 is 0 Å². The number of nitrogens with zero attached hydrogens (tertiary/aromatic N) is 2. The second-order valence-corrected chi connectivity index (χ2v) is 7.39. The number of thiazole rings is 1. The number of likely N-dealkylation sites (tertiary alicyclic amines) is 1. The molecule has 1 amide bonds. The van der Waals surface area contributed by atoms with Crippen LogP contribution in [0.1, 0.15) is 35.3 Å². The van der Waals surface area contributed by atoms with Gasteiger partial charge in [0.15, 0.2) is 16.6 Å². The molecule has 6 nitrogen and oxygen atoms in total. The average Bonchev–Trinajstić information content (AvgIpc) is 3.08. The normalized spacial score (nSPS) is 14.9. The van der Waals surface area contributed by atoms with Crippen LogP contribution in [0.15, 0.2) is 17.5 Å². The van der Waals surface area contributed by atoms with E-state index in [1.54, 1.807) is 12.1 Å². The number of benzene rings is 1. The van der Waals surface area contributed by atoms with Gasteiger partial charge in [-0.05, 0) is 38.1 Å². The first-order valence-corrected chi connectivity index (χ1v) is 9.76. The maximum Gasteiger partial charge on any atom is 0.257 e. The highest BCUT2D eigenvalue weighted by atomic mass is 35.5. The molecule has 0 unspecified atom stereocenters. The van der Waals surface area contributed by atoms with Crippen LogP contribution < -0.4 is 14.8 Å². The van der Waals surface area contributed by atoms with Crippen LogP contribution in [0, 0.1) is 0 Å². The SMILES string of the molecule is COc1cc(C(=O)Nc2nc(CN3CCCCC3)cs2)cc(Cl)c1OC. The molecule has 0 atom stereocenters. The topological polar surface area (TPSA) is 63.7 Å². The first-order valence-electron chi connectivity index (χ1n) is 8.50. The Balaban J connectivity index is 1.67. The van der Waals surface area contributed by atoms with Gasteiger partial charge in [-0.3, -0.25) is 15.0 Å². The average molecular weight is 396 g/mol. The van der Waals surface area contributed by atoms with E-state index in [9.17, 15) is 4.79 Å². The molecule has 1 aromatic heterocycles. The van der Waals surface area contributed by atoms with Crippen molar-refractivity contribution in [1.82, 2.24) is 9.88 Å². The number of halogens is 1. The fourth-order valence-electron chi connectivity index (χ4n) is 3.00. The predicted octanol–water partition coefficient (Wildman–Crippen LogP) is 4.05. The lowest BCUT2D eigenvalue weighted by molar-refractivity contribution is 0.102. The molecular weight excluding hydrogens is 374 g/mol. The Morgan fingerprint density at radius 2 is 2.04 bits per heavy atom. The third kappa shape index (κ3) is 4.47. The largest absolute Gasteiger partial charge is 0.493 e. The number of carbonyl (C=O) groups is 1. The highest BCUT2D eigenvalue weighted by molar-refractivity contribution is 7.14. The van der Waals surface area contributed by atoms with E-state index < -0.39 is 0 Å². The van der Waals surface area contributed by atoms with Crippen LogP contribution in [0.5, 0.6) is 11.5 Å². The van der Waals surface area contributed by atoms with E-state index >= 15 is 0 Å². The van der Waals surface area contributed by atoms with E-state index in [2.05, 4.69) is 15.2 Å². The monoisotopic (exact) mass is 395 g/mol. The van der Waals surface area contributed by atoms with Gasteiger partial charge in [-0.25, -0.2) is 4.98 Å². The number of piperidine rings is 1. The lowest BCUT2D eigenvalue weighted by atomic mass is 10.1. The van der Waals surface area contributed by atoms with Gasteiger partial charge in [-0.15, -0.1) is 11.3 Å². The summed E-state index contributed by atoms with van der Waals surface area (Å²) in [6.45, 7) is 3.06. The molecule has 0 bridgehead atoms. The van der Waals surface area contributed by atoms with Gasteiger partial charge in [0, 0.05) is 17.5 Å². The Labute approximate surface area is 162 Å². The highest BCUT2D eigenvalue weighted by Gasteiger charge is 2.17. The molecule has 26 heavy (non-hydrogen) atoms. The summed E-state index contributed by atoms with van der Waals surface area (Å²) in [4.78, 5) is 19.4. The lowest BCUT2D eigenvalue weighted by Crippen LogP contribution is -2.29. The number of hydrogen-bond donors (Lipinski definition) is 1. The minimum absolute atomic E-state index is 0.285. The summed E-state index contributed by atoms with van der Waals surface area (Å²) in [6.07, 6.45) is 3.80. The molecule has 8 heteroatoms. The van der Waals surface area contributed by atoms with Crippen molar-refractivity contribution >= 4 is 34.0 Å². The van der Waals surface area contributed by atoms with E-state index in [-0.39, 0.29) is 5.91 Å². The Kier molecular flexibility index (Phi) is 6.34. The number of ether oxygens (including phenoxy) is 2. The van der Waals surface area contributed by atoms with Crippen molar-refractivity contribution in [2.75, 3.05) is 32.6 Å². The third-order valence-corrected chi connectivity index (χ3v) is 5.39. The molecule has 2 heterocycles. The summed E-state index contributed by atoms with van der Waals surface area (Å²) in [7, 11) is 3.01. The molecule has 0 spiro atoms. The zero-order valence-corrected chi connectivity index (χ0v) is 16.5. The van der Waals surface area contributed by atoms with E-state index in [0.29, 0.717) is 27.2 Å². The number of aromatic nitrogens is 1. The molecule has 2 aromatic rings. The fraction of sp³-hybridized carbons (Fsp3) is 0.444. The van der Waals surface area contributed by atoms with Crippen molar-refractivity contribution in [3.63, 3.8) is 0 Å². The predicted molar refractivity (Wildman–Crippen MR) is 104 cm³/mol. The van der Waals surface area contributed by atoms with E-state index in [1.807, 2.05) is 5.38 Å². The minimum atomic E-state index is -0.285. The van der Waals surface area contributed by atoms with Crippen LogP contribution in [0.4, 0.5) is 5.13 Å². The number of anilines is 1. The number of nitrogens with one attached hydrogen (secondary N) is 1. The van der Waals surface area contributed by atoms with Gasteiger partial charge in [0.2, 0.25) is 0 Å². The first-order chi connectivity index (χ1) is 12.6. The Morgan fingerprint density at radius 3 is 2.73 bits per heavy atom. The van der Waals surface area contributed by atoms with Gasteiger partial charge in [-0.1, -0.05) is 18.0 Å². The van der Waals surface area contributed by atoms with Gasteiger partial charge in [0.05, 0.1) is 24.9 Å². The summed E-state index contributed by atoms with van der Waals surface area (Å²) in [5, 5.41) is 5.72. The molecule has 1 aromatic carbocycles. The van der Waals surface area contributed by atoms with Crippen molar-refractivity contribution in [2.45, 2.75) is 25.8 Å². The summed E-state index contributed by atoms with van der Waals surface area (Å²) < 4.78 is 10.4. The molecular formula is C18H22ClN3O3S. The smallest absolute Gasteiger partial charge is 0.257 e. The Morgan fingerprint density at radius 1 is 1.27 bits per heavy atom. The second kappa shape index (κ2) is 8.70. The lowest BCUT2D eigenvalue weighted by Gasteiger charge is -2.25. The molecule has 0 radical (unpaired) electrons. The molecule has 0 aliphatic carbocycles. The third-order valence-electron chi connectivity index (χ3n) is 4.30. The number of rotatable bonds is 6. The van der Waals surface area contributed by atoms with E-state index in [1.165, 1.54) is 44.8 Å². The number of hydrogen-bond acceptors (Lipinski definition) is 6. The van der Waals surface area contributed by atoms with Crippen molar-refractivity contribution in [3.8, 4) is 11.5 Å². The van der Waals surface area contributed by atoms with E-state index in [0.717, 1.165) is 25.3 Å². The van der Waals surface area contributed by atoms with Crippen LogP contribution in [0.2, 0.25) is 5.02 Å². The van der Waals surface area contributed by atoms with Crippen molar-refractivity contribution in [1.29, 1.82) is 0 Å². The van der Waals surface area contributed by atoms with Crippen molar-refractivity contribution in [2.24, 2.45) is 0 Å².